The second kappa shape index (κ2) is 7.44. The van der Waals surface area contributed by atoms with Crippen molar-refractivity contribution in [3.05, 3.63) is 0 Å². The van der Waals surface area contributed by atoms with Gasteiger partial charge in [-0.3, -0.25) is 0 Å². The first-order valence-corrected chi connectivity index (χ1v) is 4.71. The van der Waals surface area contributed by atoms with Crippen LogP contribution in [-0.4, -0.2) is 38.2 Å². The van der Waals surface area contributed by atoms with Crippen LogP contribution in [0.2, 0.25) is 0 Å². The average molecular weight is 221 g/mol. The van der Waals surface area contributed by atoms with Crippen LogP contribution in [-0.2, 0) is 19.0 Å². The molecule has 0 radical (unpaired) electrons. The highest BCUT2D eigenvalue weighted by atomic mass is 16.7. The van der Waals surface area contributed by atoms with E-state index in [1.54, 1.807) is 20.8 Å². The van der Waals surface area contributed by atoms with Gasteiger partial charge < -0.3 is 19.0 Å². The first-order valence-electron chi connectivity index (χ1n) is 4.71. The lowest BCUT2D eigenvalue weighted by atomic mass is 10.2. The Hall–Kier alpha value is -0.850. The maximum Gasteiger partial charge on any atom is 0.508 e. The van der Waals surface area contributed by atoms with Gasteiger partial charge in [0.1, 0.15) is 12.2 Å². The minimum absolute atomic E-state index is 0.152. The van der Waals surface area contributed by atoms with Crippen molar-refractivity contribution in [2.24, 2.45) is 5.90 Å². The molecule has 0 aromatic rings. The zero-order chi connectivity index (χ0) is 11.7. The zero-order valence-corrected chi connectivity index (χ0v) is 9.45. The minimum Gasteiger partial charge on any atom is -0.432 e. The summed E-state index contributed by atoms with van der Waals surface area (Å²) in [6, 6.07) is 0. The van der Waals surface area contributed by atoms with Gasteiger partial charge in [-0.05, 0) is 20.8 Å². The van der Waals surface area contributed by atoms with Gasteiger partial charge in [0.2, 0.25) is 0 Å². The number of hydrogen-bond donors (Lipinski definition) is 1. The number of carbonyl (C=O) groups excluding carboxylic acids is 1. The molecule has 0 spiro atoms. The van der Waals surface area contributed by atoms with Crippen LogP contribution in [0.1, 0.15) is 20.8 Å². The van der Waals surface area contributed by atoms with Gasteiger partial charge in [0.25, 0.3) is 0 Å². The Morgan fingerprint density at radius 1 is 1.13 bits per heavy atom. The Morgan fingerprint density at radius 3 is 2.27 bits per heavy atom. The van der Waals surface area contributed by atoms with E-state index in [-0.39, 0.29) is 6.61 Å². The van der Waals surface area contributed by atoms with Crippen LogP contribution < -0.4 is 5.90 Å². The van der Waals surface area contributed by atoms with Crippen molar-refractivity contribution in [1.82, 2.24) is 0 Å². The van der Waals surface area contributed by atoms with Crippen LogP contribution in [0.25, 0.3) is 0 Å². The Labute approximate surface area is 89.6 Å². The van der Waals surface area contributed by atoms with E-state index in [9.17, 15) is 4.79 Å². The minimum atomic E-state index is -0.693. The van der Waals surface area contributed by atoms with Crippen molar-refractivity contribution in [1.29, 1.82) is 0 Å². The molecule has 0 amide bonds. The predicted octanol–water partition coefficient (Wildman–Crippen LogP) is 0.845. The lowest BCUT2D eigenvalue weighted by molar-refractivity contribution is -0.0236. The number of hydrogen-bond acceptors (Lipinski definition) is 6. The van der Waals surface area contributed by atoms with Crippen LogP contribution in [0.4, 0.5) is 4.79 Å². The molecule has 0 aliphatic carbocycles. The van der Waals surface area contributed by atoms with E-state index in [1.165, 1.54) is 0 Å². The molecular weight excluding hydrogens is 202 g/mol. The van der Waals surface area contributed by atoms with Crippen LogP contribution in [0.3, 0.4) is 0 Å². The number of ether oxygens (including phenoxy) is 3. The molecule has 15 heavy (non-hydrogen) atoms. The lowest BCUT2D eigenvalue weighted by Gasteiger charge is -2.18. The third-order valence-electron chi connectivity index (χ3n) is 1.18. The molecule has 0 bridgehead atoms. The molecule has 0 saturated carbocycles. The maximum absolute atomic E-state index is 11.0. The number of carbonyl (C=O) groups is 1. The van der Waals surface area contributed by atoms with Gasteiger partial charge in [-0.15, -0.1) is 0 Å². The molecule has 6 heteroatoms. The van der Waals surface area contributed by atoms with Crippen molar-refractivity contribution in [3.63, 3.8) is 0 Å². The van der Waals surface area contributed by atoms with Crippen molar-refractivity contribution in [2.75, 3.05) is 26.4 Å². The van der Waals surface area contributed by atoms with Crippen LogP contribution >= 0.6 is 0 Å². The summed E-state index contributed by atoms with van der Waals surface area (Å²) in [4.78, 5) is 15.3. The molecule has 0 unspecified atom stereocenters. The molecule has 0 aliphatic heterocycles. The van der Waals surface area contributed by atoms with Gasteiger partial charge in [-0.25, -0.2) is 10.7 Å². The first kappa shape index (κ1) is 14.2. The molecule has 0 aliphatic rings. The Bertz CT molecular complexity index is 178. The molecule has 0 atom stereocenters. The fraction of sp³-hybridized carbons (Fsp3) is 0.889. The topological polar surface area (TPSA) is 80.0 Å². The fourth-order valence-electron chi connectivity index (χ4n) is 0.672. The summed E-state index contributed by atoms with van der Waals surface area (Å²) in [5.74, 6) is 4.78. The molecule has 0 fully saturated rings. The third kappa shape index (κ3) is 11.1. The summed E-state index contributed by atoms with van der Waals surface area (Å²) in [7, 11) is 0. The monoisotopic (exact) mass is 221 g/mol. The molecule has 90 valence electrons. The molecule has 0 aromatic heterocycles. The van der Waals surface area contributed by atoms with Crippen molar-refractivity contribution < 1.29 is 23.8 Å². The van der Waals surface area contributed by atoms with E-state index in [1.807, 2.05) is 0 Å². The summed E-state index contributed by atoms with van der Waals surface area (Å²) in [5, 5.41) is 0. The summed E-state index contributed by atoms with van der Waals surface area (Å²) < 4.78 is 14.7. The zero-order valence-electron chi connectivity index (χ0n) is 9.45. The highest BCUT2D eigenvalue weighted by Crippen LogP contribution is 2.07. The van der Waals surface area contributed by atoms with Crippen molar-refractivity contribution in [2.45, 2.75) is 26.4 Å². The fourth-order valence-corrected chi connectivity index (χ4v) is 0.672. The van der Waals surface area contributed by atoms with Gasteiger partial charge in [-0.2, -0.15) is 0 Å². The number of rotatable bonds is 6. The van der Waals surface area contributed by atoms with Gasteiger partial charge in [0, 0.05) is 0 Å². The molecule has 0 aromatic carbocycles. The molecule has 0 heterocycles. The van der Waals surface area contributed by atoms with E-state index in [0.717, 1.165) is 0 Å². The highest BCUT2D eigenvalue weighted by molar-refractivity contribution is 5.60. The SMILES string of the molecule is CC(C)(C)OC(=O)OCCOCCON. The molecular formula is C9H19NO5. The van der Waals surface area contributed by atoms with E-state index in [4.69, 9.17) is 20.1 Å². The second-order valence-corrected chi connectivity index (χ2v) is 3.80. The van der Waals surface area contributed by atoms with Crippen LogP contribution in [0, 0.1) is 0 Å². The lowest BCUT2D eigenvalue weighted by Crippen LogP contribution is -2.25. The summed E-state index contributed by atoms with van der Waals surface area (Å²) in [6.07, 6.45) is -0.693. The normalized spacial score (nSPS) is 11.2. The Kier molecular flexibility index (Phi) is 7.02. The molecule has 0 saturated heterocycles. The Balaban J connectivity index is 3.32. The molecule has 0 rings (SSSR count). The maximum atomic E-state index is 11.0. The third-order valence-corrected chi connectivity index (χ3v) is 1.18. The van der Waals surface area contributed by atoms with Gasteiger partial charge >= 0.3 is 6.16 Å². The van der Waals surface area contributed by atoms with Gasteiger partial charge in [-0.1, -0.05) is 0 Å². The predicted molar refractivity (Wildman–Crippen MR) is 53.1 cm³/mol. The standard InChI is InChI=1S/C9H19NO5/c1-9(2,3)15-8(11)13-6-4-12-5-7-14-10/h4-7,10H2,1-3H3. The van der Waals surface area contributed by atoms with Crippen LogP contribution in [0.5, 0.6) is 0 Å². The quantitative estimate of drug-likeness (QED) is 0.407. The second-order valence-electron chi connectivity index (χ2n) is 3.80. The number of nitrogens with two attached hydrogens (primary N) is 1. The van der Waals surface area contributed by atoms with E-state index < -0.39 is 11.8 Å². The largest absolute Gasteiger partial charge is 0.508 e. The summed E-state index contributed by atoms with van der Waals surface area (Å²) in [6.45, 7) is 6.43. The van der Waals surface area contributed by atoms with Gasteiger partial charge in [0.15, 0.2) is 0 Å². The van der Waals surface area contributed by atoms with Crippen molar-refractivity contribution >= 4 is 6.16 Å². The van der Waals surface area contributed by atoms with E-state index in [0.29, 0.717) is 19.8 Å². The smallest absolute Gasteiger partial charge is 0.432 e. The summed E-state index contributed by atoms with van der Waals surface area (Å²) in [5.41, 5.74) is -0.536. The Morgan fingerprint density at radius 2 is 1.73 bits per heavy atom. The van der Waals surface area contributed by atoms with E-state index >= 15 is 0 Å². The van der Waals surface area contributed by atoms with Crippen molar-refractivity contribution in [3.8, 4) is 0 Å². The molecule has 6 nitrogen and oxygen atoms in total. The first-order chi connectivity index (χ1) is 6.95. The average Bonchev–Trinajstić information content (AvgIpc) is 2.08. The van der Waals surface area contributed by atoms with Gasteiger partial charge in [0.05, 0.1) is 19.8 Å². The summed E-state index contributed by atoms with van der Waals surface area (Å²) >= 11 is 0. The van der Waals surface area contributed by atoms with Crippen LogP contribution in [0.15, 0.2) is 0 Å². The highest BCUT2D eigenvalue weighted by Gasteiger charge is 2.16. The van der Waals surface area contributed by atoms with E-state index in [2.05, 4.69) is 4.84 Å². The molecule has 2 N–H and O–H groups in total.